The number of hydrogen-bond acceptors (Lipinski definition) is 3. The smallest absolute Gasteiger partial charge is 0.256 e. The van der Waals surface area contributed by atoms with E-state index < -0.39 is 5.82 Å². The molecule has 1 fully saturated rings. The van der Waals surface area contributed by atoms with Crippen LogP contribution in [0, 0.1) is 5.82 Å². The maximum atomic E-state index is 13.7. The van der Waals surface area contributed by atoms with Crippen LogP contribution in [0.3, 0.4) is 0 Å². The van der Waals surface area contributed by atoms with Crippen LogP contribution >= 0.6 is 0 Å². The first kappa shape index (κ1) is 15.4. The molecule has 1 aliphatic rings. The molecule has 0 aromatic heterocycles. The van der Waals surface area contributed by atoms with Gasteiger partial charge in [-0.05, 0) is 18.6 Å². The van der Waals surface area contributed by atoms with Gasteiger partial charge in [-0.2, -0.15) is 0 Å². The van der Waals surface area contributed by atoms with Crippen molar-refractivity contribution >= 4 is 11.8 Å². The van der Waals surface area contributed by atoms with Crippen LogP contribution in [0.5, 0.6) is 0 Å². The number of rotatable bonds is 3. The van der Waals surface area contributed by atoms with Gasteiger partial charge in [-0.3, -0.25) is 9.59 Å². The Bertz CT molecular complexity index is 521. The van der Waals surface area contributed by atoms with Gasteiger partial charge in [0.15, 0.2) is 0 Å². The van der Waals surface area contributed by atoms with Crippen molar-refractivity contribution < 1.29 is 18.7 Å². The summed E-state index contributed by atoms with van der Waals surface area (Å²) in [4.78, 5) is 27.4. The zero-order valence-electron chi connectivity index (χ0n) is 12.0. The summed E-state index contributed by atoms with van der Waals surface area (Å²) < 4.78 is 18.5. The number of methoxy groups -OCH3 is 1. The molecule has 0 spiro atoms. The molecule has 5 nitrogen and oxygen atoms in total. The zero-order chi connectivity index (χ0) is 15.2. The Morgan fingerprint density at radius 2 is 1.81 bits per heavy atom. The minimum atomic E-state index is -0.515. The molecule has 0 saturated carbocycles. The number of amides is 2. The highest BCUT2D eigenvalue weighted by atomic mass is 19.1. The molecule has 2 amide bonds. The third-order valence-corrected chi connectivity index (χ3v) is 3.51. The Hall–Kier alpha value is -1.95. The van der Waals surface area contributed by atoms with Gasteiger partial charge in [0.25, 0.3) is 5.91 Å². The van der Waals surface area contributed by atoms with Crippen LogP contribution in [-0.2, 0) is 9.53 Å². The van der Waals surface area contributed by atoms with Gasteiger partial charge in [-0.25, -0.2) is 4.39 Å². The van der Waals surface area contributed by atoms with Gasteiger partial charge in [0.1, 0.15) is 12.4 Å². The molecule has 6 heteroatoms. The predicted molar refractivity (Wildman–Crippen MR) is 75.4 cm³/mol. The quantitative estimate of drug-likeness (QED) is 0.840. The molecule has 1 aliphatic heterocycles. The zero-order valence-corrected chi connectivity index (χ0v) is 12.0. The van der Waals surface area contributed by atoms with Crippen molar-refractivity contribution in [2.24, 2.45) is 0 Å². The Morgan fingerprint density at radius 3 is 2.52 bits per heavy atom. The topological polar surface area (TPSA) is 49.9 Å². The van der Waals surface area contributed by atoms with Crippen molar-refractivity contribution in [2.45, 2.75) is 6.42 Å². The average Bonchev–Trinajstić information content (AvgIpc) is 2.73. The highest BCUT2D eigenvalue weighted by Crippen LogP contribution is 2.12. The normalized spacial score (nSPS) is 15.7. The van der Waals surface area contributed by atoms with Crippen LogP contribution in [0.1, 0.15) is 16.8 Å². The van der Waals surface area contributed by atoms with Gasteiger partial charge >= 0.3 is 0 Å². The minimum absolute atomic E-state index is 0.0429. The Kier molecular flexibility index (Phi) is 5.27. The first-order valence-electron chi connectivity index (χ1n) is 6.94. The first-order chi connectivity index (χ1) is 10.1. The molecule has 0 radical (unpaired) electrons. The lowest BCUT2D eigenvalue weighted by molar-refractivity contribution is -0.135. The van der Waals surface area contributed by atoms with Crippen molar-refractivity contribution in [1.82, 2.24) is 9.80 Å². The highest BCUT2D eigenvalue weighted by molar-refractivity contribution is 5.94. The number of ether oxygens (including phenoxy) is 1. The fraction of sp³-hybridized carbons (Fsp3) is 0.467. The largest absolute Gasteiger partial charge is 0.375 e. The molecule has 114 valence electrons. The van der Waals surface area contributed by atoms with Gasteiger partial charge in [0, 0.05) is 33.3 Å². The second kappa shape index (κ2) is 7.17. The van der Waals surface area contributed by atoms with E-state index in [-0.39, 0.29) is 24.0 Å². The Morgan fingerprint density at radius 1 is 1.14 bits per heavy atom. The molecule has 1 saturated heterocycles. The number of halogens is 1. The predicted octanol–water partition coefficient (Wildman–Crippen LogP) is 1.15. The fourth-order valence-corrected chi connectivity index (χ4v) is 2.39. The third-order valence-electron chi connectivity index (χ3n) is 3.51. The molecular weight excluding hydrogens is 275 g/mol. The van der Waals surface area contributed by atoms with Crippen LogP contribution in [0.4, 0.5) is 4.39 Å². The van der Waals surface area contributed by atoms with Crippen molar-refractivity contribution in [3.63, 3.8) is 0 Å². The van der Waals surface area contributed by atoms with E-state index in [1.165, 1.54) is 19.2 Å². The summed E-state index contributed by atoms with van der Waals surface area (Å²) in [5.41, 5.74) is 0.0779. The highest BCUT2D eigenvalue weighted by Gasteiger charge is 2.23. The summed E-state index contributed by atoms with van der Waals surface area (Å²) in [6.07, 6.45) is 0.676. The molecule has 0 bridgehead atoms. The Balaban J connectivity index is 2.01. The summed E-state index contributed by atoms with van der Waals surface area (Å²) in [6, 6.07) is 5.96. The van der Waals surface area contributed by atoms with Crippen LogP contribution in [0.2, 0.25) is 0 Å². The molecule has 0 atom stereocenters. The van der Waals surface area contributed by atoms with E-state index in [1.807, 2.05) is 0 Å². The second-order valence-corrected chi connectivity index (χ2v) is 4.94. The molecule has 0 aliphatic carbocycles. The van der Waals surface area contributed by atoms with E-state index in [2.05, 4.69) is 0 Å². The standard InChI is InChI=1S/C15H19FN2O3/c1-21-11-14(19)17-7-4-8-18(10-9-17)15(20)12-5-2-3-6-13(12)16/h2-3,5-6H,4,7-11H2,1H3. The molecule has 0 N–H and O–H groups in total. The number of carbonyl (C=O) groups is 2. The van der Waals surface area contributed by atoms with Gasteiger partial charge in [0.05, 0.1) is 5.56 Å². The summed E-state index contributed by atoms with van der Waals surface area (Å²) >= 11 is 0. The van der Waals surface area contributed by atoms with E-state index in [0.717, 1.165) is 0 Å². The maximum absolute atomic E-state index is 13.7. The molecule has 1 aromatic carbocycles. The molecular formula is C15H19FN2O3. The van der Waals surface area contributed by atoms with Gasteiger partial charge < -0.3 is 14.5 Å². The lowest BCUT2D eigenvalue weighted by Crippen LogP contribution is -2.38. The van der Waals surface area contributed by atoms with E-state index in [4.69, 9.17) is 4.74 Å². The molecule has 1 heterocycles. The number of carbonyl (C=O) groups excluding carboxylic acids is 2. The summed E-state index contributed by atoms with van der Waals surface area (Å²) in [5, 5.41) is 0. The van der Waals surface area contributed by atoms with Crippen LogP contribution in [0.15, 0.2) is 24.3 Å². The second-order valence-electron chi connectivity index (χ2n) is 4.94. The van der Waals surface area contributed by atoms with E-state index in [0.29, 0.717) is 32.6 Å². The first-order valence-corrected chi connectivity index (χ1v) is 6.94. The van der Waals surface area contributed by atoms with Crippen LogP contribution in [0.25, 0.3) is 0 Å². The molecule has 0 unspecified atom stereocenters. The average molecular weight is 294 g/mol. The van der Waals surface area contributed by atoms with E-state index in [9.17, 15) is 14.0 Å². The van der Waals surface area contributed by atoms with Crippen LogP contribution in [-0.4, -0.2) is 61.5 Å². The van der Waals surface area contributed by atoms with E-state index >= 15 is 0 Å². The van der Waals surface area contributed by atoms with Gasteiger partial charge in [-0.15, -0.1) is 0 Å². The van der Waals surface area contributed by atoms with Crippen molar-refractivity contribution in [1.29, 1.82) is 0 Å². The van der Waals surface area contributed by atoms with Crippen molar-refractivity contribution in [3.05, 3.63) is 35.6 Å². The SMILES string of the molecule is COCC(=O)N1CCCN(C(=O)c2ccccc2F)CC1. The monoisotopic (exact) mass is 294 g/mol. The molecule has 2 rings (SSSR count). The van der Waals surface area contributed by atoms with Crippen molar-refractivity contribution in [3.8, 4) is 0 Å². The van der Waals surface area contributed by atoms with Crippen molar-refractivity contribution in [2.75, 3.05) is 39.9 Å². The molecule has 1 aromatic rings. The maximum Gasteiger partial charge on any atom is 0.256 e. The number of nitrogens with zero attached hydrogens (tertiary/aromatic N) is 2. The number of hydrogen-bond donors (Lipinski definition) is 0. The summed E-state index contributed by atoms with van der Waals surface area (Å²) in [5.74, 6) is -0.925. The van der Waals surface area contributed by atoms with Gasteiger partial charge in [-0.1, -0.05) is 12.1 Å². The lowest BCUT2D eigenvalue weighted by atomic mass is 10.2. The Labute approximate surface area is 123 Å². The van der Waals surface area contributed by atoms with Crippen LogP contribution < -0.4 is 0 Å². The molecule has 21 heavy (non-hydrogen) atoms. The lowest BCUT2D eigenvalue weighted by Gasteiger charge is -2.22. The van der Waals surface area contributed by atoms with Gasteiger partial charge in [0.2, 0.25) is 5.91 Å². The summed E-state index contributed by atoms with van der Waals surface area (Å²) in [6.45, 7) is 2.00. The number of benzene rings is 1. The fourth-order valence-electron chi connectivity index (χ4n) is 2.39. The third kappa shape index (κ3) is 3.78. The minimum Gasteiger partial charge on any atom is -0.375 e. The summed E-state index contributed by atoms with van der Waals surface area (Å²) in [7, 11) is 1.48. The van der Waals surface area contributed by atoms with E-state index in [1.54, 1.807) is 21.9 Å².